The fraction of sp³-hybridized carbons (Fsp3) is 0.381. The van der Waals surface area contributed by atoms with Crippen LogP contribution in [0.3, 0.4) is 0 Å². The molecular formula is C21H24N6O4S. The number of aromatic nitrogens is 4. The first kappa shape index (κ1) is 21.9. The second-order valence-electron chi connectivity index (χ2n) is 7.62. The Morgan fingerprint density at radius 2 is 1.84 bits per heavy atom. The summed E-state index contributed by atoms with van der Waals surface area (Å²) in [5.41, 5.74) is 0.925. The molecule has 1 saturated heterocycles. The number of carbonyl (C=O) groups is 2. The maximum absolute atomic E-state index is 12.4. The van der Waals surface area contributed by atoms with Crippen LogP contribution in [-0.2, 0) is 29.5 Å². The van der Waals surface area contributed by atoms with Gasteiger partial charge in [0.15, 0.2) is 5.65 Å². The lowest BCUT2D eigenvalue weighted by molar-refractivity contribution is -0.130. The van der Waals surface area contributed by atoms with Gasteiger partial charge < -0.3 is 15.2 Å². The van der Waals surface area contributed by atoms with Crippen molar-refractivity contribution >= 4 is 40.4 Å². The van der Waals surface area contributed by atoms with Crippen molar-refractivity contribution in [3.8, 4) is 0 Å². The van der Waals surface area contributed by atoms with E-state index in [-0.39, 0.29) is 35.8 Å². The van der Waals surface area contributed by atoms with Crippen LogP contribution in [0, 0.1) is 0 Å². The molecule has 1 aliphatic heterocycles. The first-order valence-electron chi connectivity index (χ1n) is 10.3. The van der Waals surface area contributed by atoms with E-state index in [1.165, 1.54) is 11.6 Å². The van der Waals surface area contributed by atoms with E-state index in [1.807, 2.05) is 28.8 Å². The van der Waals surface area contributed by atoms with Crippen LogP contribution in [0.1, 0.15) is 17.8 Å². The van der Waals surface area contributed by atoms with Crippen molar-refractivity contribution in [3.63, 3.8) is 0 Å². The molecule has 10 nitrogen and oxygen atoms in total. The molecule has 0 saturated carbocycles. The molecule has 3 aromatic rings. The quantitative estimate of drug-likeness (QED) is 0.499. The van der Waals surface area contributed by atoms with Crippen molar-refractivity contribution in [2.45, 2.75) is 19.3 Å². The van der Waals surface area contributed by atoms with E-state index < -0.39 is 11.2 Å². The predicted molar refractivity (Wildman–Crippen MR) is 123 cm³/mol. The minimum Gasteiger partial charge on any atom is -0.341 e. The Balaban J connectivity index is 1.31. The van der Waals surface area contributed by atoms with Crippen molar-refractivity contribution in [1.29, 1.82) is 0 Å². The summed E-state index contributed by atoms with van der Waals surface area (Å²) in [5.74, 6) is 2.35. The van der Waals surface area contributed by atoms with Gasteiger partial charge in [0.2, 0.25) is 11.8 Å². The molecule has 0 bridgehead atoms. The molecule has 1 fully saturated rings. The first-order valence-corrected chi connectivity index (χ1v) is 11.5. The van der Waals surface area contributed by atoms with Crippen LogP contribution >= 0.6 is 11.8 Å². The SMILES string of the molecule is Cn1c(=O)[nH]c(=O)c2[nH]c(CCC(=O)Nc3ccc(CC(=O)N4CCSCC4)cc3)nc21. The zero-order valence-corrected chi connectivity index (χ0v) is 18.5. The van der Waals surface area contributed by atoms with Gasteiger partial charge in [-0.15, -0.1) is 0 Å². The van der Waals surface area contributed by atoms with E-state index in [9.17, 15) is 19.2 Å². The summed E-state index contributed by atoms with van der Waals surface area (Å²) >= 11 is 1.87. The molecule has 0 aliphatic carbocycles. The minimum absolute atomic E-state index is 0.129. The average Bonchev–Trinajstić information content (AvgIpc) is 3.23. The number of H-pyrrole nitrogens is 2. The number of benzene rings is 1. The summed E-state index contributed by atoms with van der Waals surface area (Å²) in [7, 11) is 1.51. The fourth-order valence-corrected chi connectivity index (χ4v) is 4.43. The van der Waals surface area contributed by atoms with Crippen LogP contribution in [0.5, 0.6) is 0 Å². The summed E-state index contributed by atoms with van der Waals surface area (Å²) in [6.45, 7) is 1.60. The van der Waals surface area contributed by atoms with Crippen LogP contribution in [0.15, 0.2) is 33.9 Å². The van der Waals surface area contributed by atoms with E-state index >= 15 is 0 Å². The second kappa shape index (κ2) is 9.43. The Hall–Kier alpha value is -3.34. The molecule has 0 atom stereocenters. The number of imidazole rings is 1. The molecule has 1 aliphatic rings. The number of thioether (sulfide) groups is 1. The second-order valence-corrected chi connectivity index (χ2v) is 8.84. The van der Waals surface area contributed by atoms with Crippen LogP contribution in [0.25, 0.3) is 11.2 Å². The van der Waals surface area contributed by atoms with Crippen LogP contribution in [0.2, 0.25) is 0 Å². The summed E-state index contributed by atoms with van der Waals surface area (Å²) in [4.78, 5) is 59.5. The Kier molecular flexibility index (Phi) is 6.45. The van der Waals surface area contributed by atoms with Crippen LogP contribution in [0.4, 0.5) is 5.69 Å². The van der Waals surface area contributed by atoms with Crippen molar-refractivity contribution in [2.24, 2.45) is 7.05 Å². The lowest BCUT2D eigenvalue weighted by Crippen LogP contribution is -2.38. The number of carbonyl (C=O) groups excluding carboxylic acids is 2. The Morgan fingerprint density at radius 3 is 2.56 bits per heavy atom. The van der Waals surface area contributed by atoms with Crippen LogP contribution < -0.4 is 16.6 Å². The van der Waals surface area contributed by atoms with Gasteiger partial charge in [-0.2, -0.15) is 11.8 Å². The number of nitrogens with zero attached hydrogens (tertiary/aromatic N) is 3. The summed E-state index contributed by atoms with van der Waals surface area (Å²) in [6.07, 6.45) is 0.792. The number of nitrogens with one attached hydrogen (secondary N) is 3. The standard InChI is InChI=1S/C21H24N6O4S/c1-26-19-18(20(30)25-21(26)31)23-15(24-19)6-7-16(28)22-14-4-2-13(3-5-14)12-17(29)27-8-10-32-11-9-27/h2-5H,6-12H2,1H3,(H,22,28)(H,23,24)(H,25,30,31). The molecule has 3 N–H and O–H groups in total. The minimum atomic E-state index is -0.543. The number of fused-ring (bicyclic) bond motifs is 1. The molecule has 4 rings (SSSR count). The van der Waals surface area contributed by atoms with Gasteiger partial charge in [0, 0.05) is 50.2 Å². The first-order chi connectivity index (χ1) is 15.4. The summed E-state index contributed by atoms with van der Waals surface area (Å²) in [5, 5.41) is 2.82. The predicted octanol–water partition coefficient (Wildman–Crippen LogP) is 0.639. The van der Waals surface area contributed by atoms with E-state index in [4.69, 9.17) is 0 Å². The van der Waals surface area contributed by atoms with Gasteiger partial charge in [0.1, 0.15) is 11.3 Å². The highest BCUT2D eigenvalue weighted by atomic mass is 32.2. The Morgan fingerprint density at radius 1 is 1.12 bits per heavy atom. The van der Waals surface area contributed by atoms with Gasteiger partial charge in [-0.3, -0.25) is 23.9 Å². The lowest BCUT2D eigenvalue weighted by Gasteiger charge is -2.26. The monoisotopic (exact) mass is 456 g/mol. The van der Waals surface area contributed by atoms with E-state index in [2.05, 4.69) is 20.3 Å². The van der Waals surface area contributed by atoms with Gasteiger partial charge in [-0.05, 0) is 17.7 Å². The number of aromatic amines is 2. The number of hydrogen-bond acceptors (Lipinski definition) is 6. The molecule has 2 aromatic heterocycles. The Bertz CT molecular complexity index is 1250. The topological polar surface area (TPSA) is 133 Å². The number of aryl methyl sites for hydroxylation is 2. The Labute approximate surface area is 187 Å². The fourth-order valence-electron chi connectivity index (χ4n) is 3.53. The molecule has 3 heterocycles. The number of hydrogen-bond donors (Lipinski definition) is 3. The maximum Gasteiger partial charge on any atom is 0.329 e. The van der Waals surface area contributed by atoms with Crippen molar-refractivity contribution in [2.75, 3.05) is 29.9 Å². The third-order valence-electron chi connectivity index (χ3n) is 5.35. The van der Waals surface area contributed by atoms with Crippen molar-refractivity contribution in [3.05, 3.63) is 56.5 Å². The zero-order valence-electron chi connectivity index (χ0n) is 17.6. The molecular weight excluding hydrogens is 432 g/mol. The molecule has 0 radical (unpaired) electrons. The highest BCUT2D eigenvalue weighted by Crippen LogP contribution is 2.14. The van der Waals surface area contributed by atoms with Gasteiger partial charge in [0.25, 0.3) is 5.56 Å². The van der Waals surface area contributed by atoms with Gasteiger partial charge in [-0.1, -0.05) is 12.1 Å². The van der Waals surface area contributed by atoms with Crippen LogP contribution in [-0.4, -0.2) is 60.8 Å². The maximum atomic E-state index is 12.4. The van der Waals surface area contributed by atoms with Gasteiger partial charge in [-0.25, -0.2) is 9.78 Å². The van der Waals surface area contributed by atoms with Gasteiger partial charge in [0.05, 0.1) is 6.42 Å². The third kappa shape index (κ3) is 4.93. The normalized spacial score (nSPS) is 14.0. The van der Waals surface area contributed by atoms with Crippen molar-refractivity contribution in [1.82, 2.24) is 24.4 Å². The molecule has 32 heavy (non-hydrogen) atoms. The molecule has 0 unspecified atom stereocenters. The number of anilines is 1. The molecule has 168 valence electrons. The third-order valence-corrected chi connectivity index (χ3v) is 6.29. The molecule has 11 heteroatoms. The number of rotatable bonds is 6. The highest BCUT2D eigenvalue weighted by Gasteiger charge is 2.17. The summed E-state index contributed by atoms with van der Waals surface area (Å²) < 4.78 is 1.24. The lowest BCUT2D eigenvalue weighted by atomic mass is 10.1. The van der Waals surface area contributed by atoms with E-state index in [1.54, 1.807) is 12.1 Å². The zero-order chi connectivity index (χ0) is 22.7. The van der Waals surface area contributed by atoms with E-state index in [0.29, 0.717) is 17.9 Å². The van der Waals surface area contributed by atoms with E-state index in [0.717, 1.165) is 30.2 Å². The number of amides is 2. The molecule has 2 amide bonds. The largest absolute Gasteiger partial charge is 0.341 e. The average molecular weight is 457 g/mol. The van der Waals surface area contributed by atoms with Crippen molar-refractivity contribution < 1.29 is 9.59 Å². The summed E-state index contributed by atoms with van der Waals surface area (Å²) in [6, 6.07) is 7.25. The highest BCUT2D eigenvalue weighted by molar-refractivity contribution is 7.99. The smallest absolute Gasteiger partial charge is 0.329 e. The molecule has 0 spiro atoms. The van der Waals surface area contributed by atoms with Gasteiger partial charge >= 0.3 is 5.69 Å². The molecule has 1 aromatic carbocycles.